The van der Waals surface area contributed by atoms with Gasteiger partial charge in [-0.05, 0) is 71.6 Å². The summed E-state index contributed by atoms with van der Waals surface area (Å²) in [6.07, 6.45) is 0. The molecule has 2 aromatic carbocycles. The first-order chi connectivity index (χ1) is 9.90. The first kappa shape index (κ1) is 16.1. The third-order valence-corrected chi connectivity index (χ3v) is 4.28. The summed E-state index contributed by atoms with van der Waals surface area (Å²) in [6, 6.07) is 9.34. The van der Waals surface area contributed by atoms with Gasteiger partial charge in [-0.3, -0.25) is 4.79 Å². The van der Waals surface area contributed by atoms with E-state index in [1.54, 1.807) is 18.2 Å². The molecule has 4 heteroatoms. The fourth-order valence-electron chi connectivity index (χ4n) is 2.13. The molecule has 110 valence electrons. The highest BCUT2D eigenvalue weighted by Crippen LogP contribution is 2.27. The molecule has 0 unspecified atom stereocenters. The highest BCUT2D eigenvalue weighted by Gasteiger charge is 2.13. The van der Waals surface area contributed by atoms with E-state index < -0.39 is 0 Å². The van der Waals surface area contributed by atoms with Crippen LogP contribution in [0.5, 0.6) is 5.75 Å². The lowest BCUT2D eigenvalue weighted by Crippen LogP contribution is -2.04. The summed E-state index contributed by atoms with van der Waals surface area (Å²) in [5.41, 5.74) is 4.69. The Morgan fingerprint density at radius 1 is 1.14 bits per heavy atom. The Hall–Kier alpha value is -1.32. The third-order valence-electron chi connectivity index (χ3n) is 3.49. The van der Waals surface area contributed by atoms with Crippen LogP contribution < -0.4 is 4.74 Å². The average molecular weight is 368 g/mol. The second-order valence-electron chi connectivity index (χ2n) is 5.03. The molecule has 0 aliphatic carbocycles. The largest absolute Gasteiger partial charge is 0.489 e. The molecular weight excluding hydrogens is 352 g/mol. The molecule has 21 heavy (non-hydrogen) atoms. The zero-order valence-electron chi connectivity index (χ0n) is 12.2. The molecule has 0 saturated carbocycles. The third kappa shape index (κ3) is 3.66. The molecule has 0 aliphatic heterocycles. The maximum absolute atomic E-state index is 11.6. The Kier molecular flexibility index (Phi) is 5.07. The van der Waals surface area contributed by atoms with Crippen molar-refractivity contribution in [1.82, 2.24) is 0 Å². The second-order valence-corrected chi connectivity index (χ2v) is 6.16. The highest BCUT2D eigenvalue weighted by atomic mass is 79.9. The number of carbonyl (C=O) groups is 1. The van der Waals surface area contributed by atoms with E-state index in [0.717, 1.165) is 11.3 Å². The van der Waals surface area contributed by atoms with Gasteiger partial charge in [0, 0.05) is 16.1 Å². The smallest absolute Gasteiger partial charge is 0.228 e. The highest BCUT2D eigenvalue weighted by molar-refractivity contribution is 9.18. The van der Waals surface area contributed by atoms with Crippen LogP contribution in [0, 0.1) is 20.8 Å². The number of ether oxygens (including phenoxy) is 1. The summed E-state index contributed by atoms with van der Waals surface area (Å²) in [7, 11) is 0. The fraction of sp³-hybridized carbons (Fsp3) is 0.235. The number of rotatable bonds is 4. The number of aryl methyl sites for hydroxylation is 3. The van der Waals surface area contributed by atoms with Crippen molar-refractivity contribution in [3.63, 3.8) is 0 Å². The minimum absolute atomic E-state index is 0.194. The van der Waals surface area contributed by atoms with Crippen molar-refractivity contribution in [3.8, 4) is 5.75 Å². The van der Waals surface area contributed by atoms with Gasteiger partial charge >= 0.3 is 0 Å². The molecule has 0 heterocycles. The van der Waals surface area contributed by atoms with Crippen LogP contribution in [0.2, 0.25) is 5.02 Å². The maximum atomic E-state index is 11.6. The SMILES string of the molecule is Cc1cc(C)c(OCc2c(Cl)cccc2C(=O)Br)cc1C. The standard InChI is InChI=1S/C17H16BrClO2/c1-10-7-12(3)16(8-11(10)2)21-9-14-13(17(18)20)5-4-6-15(14)19/h4-8H,9H2,1-3H3. The van der Waals surface area contributed by atoms with Crippen LogP contribution in [0.4, 0.5) is 0 Å². The van der Waals surface area contributed by atoms with E-state index in [-0.39, 0.29) is 11.3 Å². The summed E-state index contributed by atoms with van der Waals surface area (Å²) in [5.74, 6) is 0.811. The predicted molar refractivity (Wildman–Crippen MR) is 89.7 cm³/mol. The van der Waals surface area contributed by atoms with E-state index in [1.807, 2.05) is 19.9 Å². The van der Waals surface area contributed by atoms with Crippen LogP contribution in [0.1, 0.15) is 32.6 Å². The van der Waals surface area contributed by atoms with Crippen LogP contribution in [-0.4, -0.2) is 4.69 Å². The van der Waals surface area contributed by atoms with E-state index in [1.165, 1.54) is 11.1 Å². The molecule has 2 aromatic rings. The first-order valence-corrected chi connectivity index (χ1v) is 7.75. The minimum atomic E-state index is -0.194. The molecule has 0 spiro atoms. The van der Waals surface area contributed by atoms with Crippen molar-refractivity contribution in [2.75, 3.05) is 0 Å². The molecule has 2 rings (SSSR count). The van der Waals surface area contributed by atoms with Crippen molar-refractivity contribution < 1.29 is 9.53 Å². The zero-order valence-corrected chi connectivity index (χ0v) is 14.5. The molecule has 0 amide bonds. The van der Waals surface area contributed by atoms with Crippen molar-refractivity contribution in [2.45, 2.75) is 27.4 Å². The van der Waals surface area contributed by atoms with Crippen LogP contribution in [0.25, 0.3) is 0 Å². The number of benzene rings is 2. The summed E-state index contributed by atoms with van der Waals surface area (Å²) in [5, 5.41) is 0.529. The van der Waals surface area contributed by atoms with Crippen LogP contribution in [-0.2, 0) is 6.61 Å². The van der Waals surface area contributed by atoms with Crippen molar-refractivity contribution in [2.24, 2.45) is 0 Å². The molecule has 0 radical (unpaired) electrons. The Morgan fingerprint density at radius 2 is 1.81 bits per heavy atom. The molecule has 0 aliphatic rings. The van der Waals surface area contributed by atoms with Crippen LogP contribution in [0.3, 0.4) is 0 Å². The van der Waals surface area contributed by atoms with Crippen LogP contribution >= 0.6 is 27.5 Å². The lowest BCUT2D eigenvalue weighted by atomic mass is 10.1. The van der Waals surface area contributed by atoms with Crippen molar-refractivity contribution >= 4 is 32.2 Å². The molecule has 0 bridgehead atoms. The lowest BCUT2D eigenvalue weighted by molar-refractivity contribution is 0.109. The lowest BCUT2D eigenvalue weighted by Gasteiger charge is -2.14. The Balaban J connectivity index is 2.29. The fourth-order valence-corrected chi connectivity index (χ4v) is 2.73. The number of hydrogen-bond donors (Lipinski definition) is 0. The Labute approximate surface area is 138 Å². The molecule has 0 saturated heterocycles. The topological polar surface area (TPSA) is 26.3 Å². The molecule has 0 N–H and O–H groups in total. The number of hydrogen-bond acceptors (Lipinski definition) is 2. The summed E-state index contributed by atoms with van der Waals surface area (Å²) >= 11 is 9.16. The molecule has 0 fully saturated rings. The van der Waals surface area contributed by atoms with Gasteiger partial charge in [-0.25, -0.2) is 0 Å². The summed E-state index contributed by atoms with van der Waals surface area (Å²) in [6.45, 7) is 6.38. The second kappa shape index (κ2) is 6.63. The van der Waals surface area contributed by atoms with Gasteiger partial charge < -0.3 is 4.74 Å². The van der Waals surface area contributed by atoms with E-state index in [9.17, 15) is 4.79 Å². The molecule has 0 atom stereocenters. The van der Waals surface area contributed by atoms with Gasteiger partial charge in [0.2, 0.25) is 4.69 Å². The summed E-state index contributed by atoms with van der Waals surface area (Å²) < 4.78 is 5.68. The monoisotopic (exact) mass is 366 g/mol. The van der Waals surface area contributed by atoms with Gasteiger partial charge in [-0.1, -0.05) is 23.7 Å². The number of carbonyl (C=O) groups excluding carboxylic acids is 1. The first-order valence-electron chi connectivity index (χ1n) is 6.58. The van der Waals surface area contributed by atoms with Gasteiger partial charge in [0.15, 0.2) is 0 Å². The minimum Gasteiger partial charge on any atom is -0.489 e. The van der Waals surface area contributed by atoms with Crippen LogP contribution in [0.15, 0.2) is 30.3 Å². The van der Waals surface area contributed by atoms with E-state index in [0.29, 0.717) is 16.1 Å². The molecule has 0 aromatic heterocycles. The van der Waals surface area contributed by atoms with Crippen molar-refractivity contribution in [1.29, 1.82) is 0 Å². The van der Waals surface area contributed by atoms with Gasteiger partial charge in [0.1, 0.15) is 12.4 Å². The normalized spacial score (nSPS) is 10.5. The summed E-state index contributed by atoms with van der Waals surface area (Å²) in [4.78, 5) is 11.6. The van der Waals surface area contributed by atoms with E-state index in [2.05, 4.69) is 28.9 Å². The van der Waals surface area contributed by atoms with E-state index >= 15 is 0 Å². The average Bonchev–Trinajstić information content (AvgIpc) is 2.42. The Bertz CT molecular complexity index is 695. The van der Waals surface area contributed by atoms with Gasteiger partial charge in [-0.15, -0.1) is 0 Å². The van der Waals surface area contributed by atoms with E-state index in [4.69, 9.17) is 16.3 Å². The van der Waals surface area contributed by atoms with Gasteiger partial charge in [-0.2, -0.15) is 0 Å². The van der Waals surface area contributed by atoms with Gasteiger partial charge in [0.05, 0.1) is 0 Å². The quantitative estimate of drug-likeness (QED) is 0.678. The number of halogens is 2. The molecular formula is C17H16BrClO2. The van der Waals surface area contributed by atoms with Crippen molar-refractivity contribution in [3.05, 3.63) is 63.2 Å². The predicted octanol–water partition coefficient (Wildman–Crippen LogP) is 5.38. The molecule has 2 nitrogen and oxygen atoms in total. The van der Waals surface area contributed by atoms with Gasteiger partial charge in [0.25, 0.3) is 0 Å². The zero-order chi connectivity index (χ0) is 15.6. The maximum Gasteiger partial charge on any atom is 0.228 e. The Morgan fingerprint density at radius 3 is 2.48 bits per heavy atom.